The van der Waals surface area contributed by atoms with E-state index in [1.165, 1.54) is 18.5 Å². The normalized spacial score (nSPS) is 17.1. The number of halogens is 1. The summed E-state index contributed by atoms with van der Waals surface area (Å²) in [6, 6.07) is 4.30. The van der Waals surface area contributed by atoms with E-state index in [2.05, 4.69) is 9.97 Å². The van der Waals surface area contributed by atoms with Crippen LogP contribution >= 0.6 is 0 Å². The molecule has 1 aromatic heterocycles. The minimum atomic E-state index is -0.886. The molecule has 1 amide bonds. The summed E-state index contributed by atoms with van der Waals surface area (Å²) in [5.74, 6) is -1.86. The fraction of sp³-hybridized carbons (Fsp3) is 0.368. The summed E-state index contributed by atoms with van der Waals surface area (Å²) in [6.07, 6.45) is 7.49. The standard InChI is InChI=1S/C19H20FN3O3/c20-17-9-13(14-10-21-12-22-11-14)4-6-16(17)19(26)23-8-2-1-3-15(23)5-7-18(24)25/h4,6,9-12,15H,1-3,5,7-8H2,(H,24,25). The summed E-state index contributed by atoms with van der Waals surface area (Å²) in [6.45, 7) is 0.525. The lowest BCUT2D eigenvalue weighted by Gasteiger charge is -2.35. The van der Waals surface area contributed by atoms with Gasteiger partial charge in [0.05, 0.1) is 5.56 Å². The molecule has 1 atom stereocenters. The van der Waals surface area contributed by atoms with Crippen molar-refractivity contribution in [1.82, 2.24) is 14.9 Å². The van der Waals surface area contributed by atoms with Gasteiger partial charge in [-0.3, -0.25) is 9.59 Å². The Hall–Kier alpha value is -2.83. The topological polar surface area (TPSA) is 83.4 Å². The van der Waals surface area contributed by atoms with Gasteiger partial charge in [-0.1, -0.05) is 6.07 Å². The monoisotopic (exact) mass is 357 g/mol. The van der Waals surface area contributed by atoms with Gasteiger partial charge in [0.25, 0.3) is 5.91 Å². The minimum Gasteiger partial charge on any atom is -0.481 e. The Morgan fingerprint density at radius 2 is 1.96 bits per heavy atom. The van der Waals surface area contributed by atoms with E-state index in [1.54, 1.807) is 23.4 Å². The van der Waals surface area contributed by atoms with Crippen LogP contribution in [0.3, 0.4) is 0 Å². The van der Waals surface area contributed by atoms with E-state index >= 15 is 0 Å². The Morgan fingerprint density at radius 3 is 2.65 bits per heavy atom. The van der Waals surface area contributed by atoms with Crippen LogP contribution in [0.5, 0.6) is 0 Å². The lowest BCUT2D eigenvalue weighted by molar-refractivity contribution is -0.137. The Labute approximate surface area is 150 Å². The maximum absolute atomic E-state index is 14.6. The van der Waals surface area contributed by atoms with Crippen molar-refractivity contribution in [2.24, 2.45) is 0 Å². The number of piperidine rings is 1. The number of carbonyl (C=O) groups is 2. The van der Waals surface area contributed by atoms with Crippen molar-refractivity contribution in [3.05, 3.63) is 48.3 Å². The molecule has 1 fully saturated rings. The predicted octanol–water partition coefficient (Wildman–Crippen LogP) is 3.14. The molecule has 1 aliphatic rings. The summed E-state index contributed by atoms with van der Waals surface area (Å²) in [7, 11) is 0. The van der Waals surface area contributed by atoms with E-state index in [1.807, 2.05) is 0 Å². The van der Waals surface area contributed by atoms with Gasteiger partial charge in [-0.15, -0.1) is 0 Å². The van der Waals surface area contributed by atoms with E-state index in [0.717, 1.165) is 19.3 Å². The summed E-state index contributed by atoms with van der Waals surface area (Å²) in [5, 5.41) is 8.90. The van der Waals surface area contributed by atoms with Crippen molar-refractivity contribution in [2.75, 3.05) is 6.54 Å². The van der Waals surface area contributed by atoms with Gasteiger partial charge in [0.1, 0.15) is 12.1 Å². The Morgan fingerprint density at radius 1 is 1.19 bits per heavy atom. The fourth-order valence-corrected chi connectivity index (χ4v) is 3.33. The van der Waals surface area contributed by atoms with Crippen LogP contribution in [-0.4, -0.2) is 44.4 Å². The number of hydrogen-bond acceptors (Lipinski definition) is 4. The summed E-state index contributed by atoms with van der Waals surface area (Å²) < 4.78 is 14.6. The van der Waals surface area contributed by atoms with Crippen LogP contribution in [0.15, 0.2) is 36.9 Å². The largest absolute Gasteiger partial charge is 0.481 e. The molecular formula is C19H20FN3O3. The van der Waals surface area contributed by atoms with Gasteiger partial charge in [-0.05, 0) is 43.4 Å². The van der Waals surface area contributed by atoms with E-state index < -0.39 is 11.8 Å². The predicted molar refractivity (Wildman–Crippen MR) is 93.0 cm³/mol. The number of carboxylic acid groups (broad SMARTS) is 1. The first-order valence-electron chi connectivity index (χ1n) is 8.64. The first kappa shape index (κ1) is 18.0. The average Bonchev–Trinajstić information content (AvgIpc) is 2.66. The molecule has 1 aromatic carbocycles. The quantitative estimate of drug-likeness (QED) is 0.889. The van der Waals surface area contributed by atoms with Crippen molar-refractivity contribution in [1.29, 1.82) is 0 Å². The SMILES string of the molecule is O=C(O)CCC1CCCCN1C(=O)c1ccc(-c2cncnc2)cc1F. The second-order valence-electron chi connectivity index (χ2n) is 6.40. The molecule has 0 bridgehead atoms. The molecule has 0 saturated carbocycles. The number of rotatable bonds is 5. The summed E-state index contributed by atoms with van der Waals surface area (Å²) in [4.78, 5) is 33.1. The zero-order chi connectivity index (χ0) is 18.5. The number of carbonyl (C=O) groups excluding carboxylic acids is 1. The molecule has 1 saturated heterocycles. The van der Waals surface area contributed by atoms with Crippen LogP contribution in [0.1, 0.15) is 42.5 Å². The van der Waals surface area contributed by atoms with Gasteiger partial charge >= 0.3 is 5.97 Å². The van der Waals surface area contributed by atoms with Crippen molar-refractivity contribution in [3.8, 4) is 11.1 Å². The summed E-state index contributed by atoms with van der Waals surface area (Å²) in [5.41, 5.74) is 1.27. The Balaban J connectivity index is 1.80. The third kappa shape index (κ3) is 4.04. The van der Waals surface area contributed by atoms with E-state index in [-0.39, 0.29) is 23.9 Å². The number of aromatic nitrogens is 2. The van der Waals surface area contributed by atoms with Crippen LogP contribution in [-0.2, 0) is 4.79 Å². The molecular weight excluding hydrogens is 337 g/mol. The Bertz CT molecular complexity index is 798. The molecule has 0 spiro atoms. The lowest BCUT2D eigenvalue weighted by Crippen LogP contribution is -2.44. The highest BCUT2D eigenvalue weighted by Crippen LogP contribution is 2.26. The maximum atomic E-state index is 14.6. The molecule has 0 aliphatic carbocycles. The van der Waals surface area contributed by atoms with Gasteiger partial charge in [-0.2, -0.15) is 0 Å². The average molecular weight is 357 g/mol. The van der Waals surface area contributed by atoms with Crippen LogP contribution < -0.4 is 0 Å². The molecule has 2 aromatic rings. The second kappa shape index (κ2) is 8.03. The van der Waals surface area contributed by atoms with Gasteiger partial charge in [0.15, 0.2) is 0 Å². The number of hydrogen-bond donors (Lipinski definition) is 1. The van der Waals surface area contributed by atoms with Crippen LogP contribution in [0.25, 0.3) is 11.1 Å². The van der Waals surface area contributed by atoms with Crippen LogP contribution in [0.2, 0.25) is 0 Å². The van der Waals surface area contributed by atoms with Gasteiger partial charge in [0, 0.05) is 37.0 Å². The van der Waals surface area contributed by atoms with Crippen molar-refractivity contribution in [2.45, 2.75) is 38.1 Å². The highest BCUT2D eigenvalue weighted by atomic mass is 19.1. The molecule has 1 unspecified atom stereocenters. The number of amides is 1. The molecule has 26 heavy (non-hydrogen) atoms. The lowest BCUT2D eigenvalue weighted by atomic mass is 9.96. The van der Waals surface area contributed by atoms with Crippen LogP contribution in [0.4, 0.5) is 4.39 Å². The smallest absolute Gasteiger partial charge is 0.303 e. The first-order chi connectivity index (χ1) is 12.6. The molecule has 0 radical (unpaired) electrons. The first-order valence-corrected chi connectivity index (χ1v) is 8.64. The molecule has 1 N–H and O–H groups in total. The molecule has 1 aliphatic heterocycles. The van der Waals surface area contributed by atoms with Crippen LogP contribution in [0, 0.1) is 5.82 Å². The molecule has 7 heteroatoms. The van der Waals surface area contributed by atoms with Crippen molar-refractivity contribution >= 4 is 11.9 Å². The zero-order valence-corrected chi connectivity index (χ0v) is 14.3. The van der Waals surface area contributed by atoms with Crippen molar-refractivity contribution in [3.63, 3.8) is 0 Å². The number of likely N-dealkylation sites (tertiary alicyclic amines) is 1. The highest BCUT2D eigenvalue weighted by Gasteiger charge is 2.29. The highest BCUT2D eigenvalue weighted by molar-refractivity contribution is 5.95. The number of carboxylic acids is 1. The minimum absolute atomic E-state index is 0.00384. The Kier molecular flexibility index (Phi) is 5.55. The number of benzene rings is 1. The second-order valence-corrected chi connectivity index (χ2v) is 6.40. The van der Waals surface area contributed by atoms with Gasteiger partial charge < -0.3 is 10.0 Å². The fourth-order valence-electron chi connectivity index (χ4n) is 3.33. The van der Waals surface area contributed by atoms with Gasteiger partial charge in [-0.25, -0.2) is 14.4 Å². The van der Waals surface area contributed by atoms with E-state index in [0.29, 0.717) is 24.1 Å². The molecule has 3 rings (SSSR count). The van der Waals surface area contributed by atoms with Crippen molar-refractivity contribution < 1.29 is 19.1 Å². The maximum Gasteiger partial charge on any atom is 0.303 e. The molecule has 6 nitrogen and oxygen atoms in total. The van der Waals surface area contributed by atoms with Gasteiger partial charge in [0.2, 0.25) is 0 Å². The molecule has 136 valence electrons. The zero-order valence-electron chi connectivity index (χ0n) is 14.3. The number of aliphatic carboxylic acids is 1. The third-order valence-corrected chi connectivity index (χ3v) is 4.67. The number of nitrogens with zero attached hydrogens (tertiary/aromatic N) is 3. The van der Waals surface area contributed by atoms with E-state index in [9.17, 15) is 14.0 Å². The van der Waals surface area contributed by atoms with E-state index in [4.69, 9.17) is 5.11 Å². The molecule has 2 heterocycles. The third-order valence-electron chi connectivity index (χ3n) is 4.67. The summed E-state index contributed by atoms with van der Waals surface area (Å²) >= 11 is 0.